The van der Waals surface area contributed by atoms with Crippen LogP contribution in [0.2, 0.25) is 0 Å². The van der Waals surface area contributed by atoms with Gasteiger partial charge in [-0.05, 0) is 12.1 Å². The topological polar surface area (TPSA) is 4.36 Å². The van der Waals surface area contributed by atoms with Gasteiger partial charge in [-0.3, -0.25) is 0 Å². The van der Waals surface area contributed by atoms with Crippen LogP contribution in [0.1, 0.15) is 5.56 Å². The van der Waals surface area contributed by atoms with Crippen molar-refractivity contribution in [3.63, 3.8) is 0 Å². The summed E-state index contributed by atoms with van der Waals surface area (Å²) in [6, 6.07) is 1.59. The predicted octanol–water partition coefficient (Wildman–Crippen LogP) is 2.57. The van der Waals surface area contributed by atoms with Crippen molar-refractivity contribution in [2.75, 3.05) is 6.54 Å². The van der Waals surface area contributed by atoms with Gasteiger partial charge in [-0.25, -0.2) is 19.7 Å². The maximum Gasteiger partial charge on any atom is 0.218 e. The number of halogens is 3. The summed E-state index contributed by atoms with van der Waals surface area (Å²) in [5, 5.41) is 0. The Balaban J connectivity index is 3.04. The molecule has 0 aromatic heterocycles. The van der Waals surface area contributed by atoms with Gasteiger partial charge in [-0.15, -0.1) is 0 Å². The number of nitrogens with zero attached hydrogens (tertiary/aromatic N) is 1. The van der Waals surface area contributed by atoms with Crippen molar-refractivity contribution in [1.29, 1.82) is 0 Å². The van der Waals surface area contributed by atoms with E-state index >= 15 is 0 Å². The number of hydrogen-bond acceptors (Lipinski definition) is 0. The number of rotatable bonds is 2. The first-order chi connectivity index (χ1) is 6.16. The molecule has 0 aliphatic carbocycles. The molecule has 1 aromatic carbocycles. The van der Waals surface area contributed by atoms with E-state index in [1.54, 1.807) is 0 Å². The smallest absolute Gasteiger partial charge is 0.218 e. The highest BCUT2D eigenvalue weighted by atomic mass is 19.2. The van der Waals surface area contributed by atoms with E-state index in [1.165, 1.54) is 0 Å². The molecule has 0 spiro atoms. The van der Waals surface area contributed by atoms with Crippen LogP contribution in [0.3, 0.4) is 0 Å². The largest absolute Gasteiger partial charge is 0.317 e. The molecule has 0 aliphatic heterocycles. The van der Waals surface area contributed by atoms with E-state index in [0.29, 0.717) is 0 Å². The van der Waals surface area contributed by atoms with Gasteiger partial charge in [-0.1, -0.05) is 0 Å². The highest BCUT2D eigenvalue weighted by Gasteiger charge is 2.13. The quantitative estimate of drug-likeness (QED) is 0.492. The van der Waals surface area contributed by atoms with E-state index in [0.717, 1.165) is 12.1 Å². The second-order valence-corrected chi connectivity index (χ2v) is 2.45. The normalized spacial score (nSPS) is 9.69. The lowest BCUT2D eigenvalue weighted by atomic mass is 10.1. The summed E-state index contributed by atoms with van der Waals surface area (Å²) in [5.41, 5.74) is -0.351. The van der Waals surface area contributed by atoms with Crippen LogP contribution < -0.4 is 0 Å². The minimum atomic E-state index is -1.19. The van der Waals surface area contributed by atoms with Crippen molar-refractivity contribution in [2.24, 2.45) is 0 Å². The highest BCUT2D eigenvalue weighted by Crippen LogP contribution is 2.16. The first kappa shape index (κ1) is 9.59. The molecule has 0 heterocycles. The summed E-state index contributed by atoms with van der Waals surface area (Å²) >= 11 is 0. The molecule has 1 rings (SSSR count). The lowest BCUT2D eigenvalue weighted by Gasteiger charge is -2.01. The Morgan fingerprint density at radius 1 is 1.15 bits per heavy atom. The van der Waals surface area contributed by atoms with Crippen LogP contribution in [0.5, 0.6) is 0 Å². The minimum absolute atomic E-state index is 0.0444. The van der Waals surface area contributed by atoms with Gasteiger partial charge in [0.25, 0.3) is 0 Å². The van der Waals surface area contributed by atoms with Crippen LogP contribution in [0.25, 0.3) is 4.85 Å². The van der Waals surface area contributed by atoms with Crippen LogP contribution in [0, 0.1) is 24.0 Å². The zero-order chi connectivity index (χ0) is 9.84. The van der Waals surface area contributed by atoms with Crippen LogP contribution in [-0.2, 0) is 6.42 Å². The molecule has 0 saturated heterocycles. The van der Waals surface area contributed by atoms with Gasteiger partial charge in [0.15, 0.2) is 11.6 Å². The van der Waals surface area contributed by atoms with Gasteiger partial charge >= 0.3 is 0 Å². The van der Waals surface area contributed by atoms with Gasteiger partial charge in [0.2, 0.25) is 6.54 Å². The van der Waals surface area contributed by atoms with Gasteiger partial charge in [0, 0.05) is 5.56 Å². The van der Waals surface area contributed by atoms with Crippen molar-refractivity contribution in [3.05, 3.63) is 46.6 Å². The van der Waals surface area contributed by atoms with Crippen molar-refractivity contribution in [2.45, 2.75) is 6.42 Å². The van der Waals surface area contributed by atoms with E-state index in [2.05, 4.69) is 4.85 Å². The van der Waals surface area contributed by atoms with E-state index in [1.807, 2.05) is 0 Å². The molecule has 68 valence electrons. The SMILES string of the molecule is [C-]#[N+]CCc1c(F)ccc(F)c1F. The fourth-order valence-electron chi connectivity index (χ4n) is 0.966. The molecule has 1 aromatic rings. The number of hydrogen-bond donors (Lipinski definition) is 0. The summed E-state index contributed by atoms with van der Waals surface area (Å²) in [7, 11) is 0. The van der Waals surface area contributed by atoms with Crippen molar-refractivity contribution >= 4 is 0 Å². The molecule has 1 nitrogen and oxygen atoms in total. The van der Waals surface area contributed by atoms with E-state index in [-0.39, 0.29) is 18.5 Å². The van der Waals surface area contributed by atoms with Crippen LogP contribution in [0.4, 0.5) is 13.2 Å². The van der Waals surface area contributed by atoms with E-state index in [9.17, 15) is 13.2 Å². The van der Waals surface area contributed by atoms with E-state index in [4.69, 9.17) is 6.57 Å². The molecule has 0 radical (unpaired) electrons. The van der Waals surface area contributed by atoms with Crippen molar-refractivity contribution in [3.8, 4) is 0 Å². The van der Waals surface area contributed by atoms with Gasteiger partial charge < -0.3 is 4.85 Å². The zero-order valence-electron chi connectivity index (χ0n) is 6.65. The molecule has 0 fully saturated rings. The average molecular weight is 185 g/mol. The second kappa shape index (κ2) is 3.94. The fraction of sp³-hybridized carbons (Fsp3) is 0.222. The Labute approximate surface area is 73.6 Å². The maximum absolute atomic E-state index is 12.9. The van der Waals surface area contributed by atoms with Crippen molar-refractivity contribution in [1.82, 2.24) is 0 Å². The molecular weight excluding hydrogens is 179 g/mol. The lowest BCUT2D eigenvalue weighted by Crippen LogP contribution is -2.00. The third-order valence-electron chi connectivity index (χ3n) is 1.61. The molecule has 0 saturated carbocycles. The lowest BCUT2D eigenvalue weighted by molar-refractivity contribution is 0.481. The molecule has 0 N–H and O–H groups in total. The molecule has 13 heavy (non-hydrogen) atoms. The first-order valence-electron chi connectivity index (χ1n) is 3.62. The third-order valence-corrected chi connectivity index (χ3v) is 1.61. The standard InChI is InChI=1S/C9H6F3N/c1-13-5-4-6-7(10)2-3-8(11)9(6)12/h2-3H,4-5H2. The summed E-state index contributed by atoms with van der Waals surface area (Å²) in [5.74, 6) is -3.08. The summed E-state index contributed by atoms with van der Waals surface area (Å²) in [4.78, 5) is 2.94. The summed E-state index contributed by atoms with van der Waals surface area (Å²) in [6.45, 7) is 6.39. The molecule has 0 atom stereocenters. The van der Waals surface area contributed by atoms with Gasteiger partial charge in [0.1, 0.15) is 5.82 Å². The molecule has 4 heteroatoms. The molecular formula is C9H6F3N. The van der Waals surface area contributed by atoms with Crippen LogP contribution >= 0.6 is 0 Å². The van der Waals surface area contributed by atoms with Gasteiger partial charge in [-0.2, -0.15) is 0 Å². The Hall–Kier alpha value is -1.50. The Bertz CT molecular complexity index is 355. The predicted molar refractivity (Wildman–Crippen MR) is 41.5 cm³/mol. The first-order valence-corrected chi connectivity index (χ1v) is 3.62. The van der Waals surface area contributed by atoms with Crippen molar-refractivity contribution < 1.29 is 13.2 Å². The van der Waals surface area contributed by atoms with Crippen LogP contribution in [-0.4, -0.2) is 6.54 Å². The zero-order valence-corrected chi connectivity index (χ0v) is 6.65. The maximum atomic E-state index is 12.9. The minimum Gasteiger partial charge on any atom is -0.317 e. The van der Waals surface area contributed by atoms with Gasteiger partial charge in [0.05, 0.1) is 6.42 Å². The third kappa shape index (κ3) is 2.00. The summed E-state index contributed by atoms with van der Waals surface area (Å²) < 4.78 is 38.3. The monoisotopic (exact) mass is 185 g/mol. The Morgan fingerprint density at radius 2 is 1.77 bits per heavy atom. The average Bonchev–Trinajstić information content (AvgIpc) is 2.12. The Kier molecular flexibility index (Phi) is 2.91. The summed E-state index contributed by atoms with van der Waals surface area (Å²) in [6.07, 6.45) is -0.0983. The second-order valence-electron chi connectivity index (χ2n) is 2.45. The molecule has 0 amide bonds. The van der Waals surface area contributed by atoms with Crippen LogP contribution in [0.15, 0.2) is 12.1 Å². The molecule has 0 bridgehead atoms. The van der Waals surface area contributed by atoms with E-state index < -0.39 is 17.5 Å². The number of benzene rings is 1. The fourth-order valence-corrected chi connectivity index (χ4v) is 0.966. The molecule has 0 aliphatic rings. The highest BCUT2D eigenvalue weighted by molar-refractivity contribution is 5.21. The Morgan fingerprint density at radius 3 is 2.38 bits per heavy atom. The molecule has 0 unspecified atom stereocenters.